The van der Waals surface area contributed by atoms with E-state index in [4.69, 9.17) is 0 Å². The van der Waals surface area contributed by atoms with Gasteiger partial charge in [0.1, 0.15) is 5.88 Å². The fourth-order valence-corrected chi connectivity index (χ4v) is 3.09. The third-order valence-electron chi connectivity index (χ3n) is 2.07. The fraction of sp³-hybridized carbons (Fsp3) is 0.364. The second-order valence-corrected chi connectivity index (χ2v) is 8.12. The number of aliphatic imine (C=N–C) groups is 1. The van der Waals surface area contributed by atoms with Crippen LogP contribution < -0.4 is 0 Å². The molecule has 0 fully saturated rings. The monoisotopic (exact) mass is 289 g/mol. The lowest BCUT2D eigenvalue weighted by atomic mass is 10.4. The van der Waals surface area contributed by atoms with Crippen LogP contribution in [0.5, 0.6) is 0 Å². The third kappa shape index (κ3) is 4.97. The van der Waals surface area contributed by atoms with Gasteiger partial charge in [0.05, 0.1) is 10.6 Å². The van der Waals surface area contributed by atoms with Gasteiger partial charge in [0.2, 0.25) is 0 Å². The van der Waals surface area contributed by atoms with Crippen molar-refractivity contribution in [1.29, 1.82) is 0 Å². The maximum absolute atomic E-state index is 11.9. The maximum atomic E-state index is 11.9. The zero-order chi connectivity index (χ0) is 13.8. The van der Waals surface area contributed by atoms with Crippen LogP contribution in [0.3, 0.4) is 0 Å². The Morgan fingerprint density at radius 3 is 2.17 bits per heavy atom. The first kappa shape index (κ1) is 14.8. The molecule has 0 unspecified atom stereocenters. The molecule has 0 amide bonds. The van der Waals surface area contributed by atoms with Gasteiger partial charge < -0.3 is 0 Å². The van der Waals surface area contributed by atoms with Gasteiger partial charge in [-0.3, -0.25) is 4.99 Å². The van der Waals surface area contributed by atoms with Crippen molar-refractivity contribution in [3.63, 3.8) is 0 Å². The number of rotatable bonds is 5. The molecule has 0 aliphatic rings. The summed E-state index contributed by atoms with van der Waals surface area (Å²) in [5, 5.41) is 0. The topological polar surface area (TPSA) is 80.6 Å². The molecule has 0 saturated heterocycles. The molecule has 5 nitrogen and oxygen atoms in total. The summed E-state index contributed by atoms with van der Waals surface area (Å²) in [7, 11) is -6.67. The molecule has 1 aromatic carbocycles. The molecule has 0 N–H and O–H groups in total. The van der Waals surface area contributed by atoms with E-state index in [1.54, 1.807) is 18.2 Å². The van der Waals surface area contributed by atoms with Crippen LogP contribution in [0.15, 0.2) is 40.2 Å². The quantitative estimate of drug-likeness (QED) is 0.755. The summed E-state index contributed by atoms with van der Waals surface area (Å²) in [6, 6.07) is 7.99. The molecular formula is C11H15NO4S2. The van der Waals surface area contributed by atoms with E-state index in [0.29, 0.717) is 0 Å². The van der Waals surface area contributed by atoms with Gasteiger partial charge in [-0.1, -0.05) is 18.2 Å². The molecule has 1 aromatic rings. The van der Waals surface area contributed by atoms with Crippen molar-refractivity contribution in [3.8, 4) is 0 Å². The molecule has 0 heterocycles. The molecular weight excluding hydrogens is 274 g/mol. The number of hydrogen-bond acceptors (Lipinski definition) is 5. The minimum atomic E-state index is -3.45. The summed E-state index contributed by atoms with van der Waals surface area (Å²) in [6.07, 6.45) is 1.05. The molecule has 0 aliphatic heterocycles. The van der Waals surface area contributed by atoms with Crippen molar-refractivity contribution in [2.24, 2.45) is 4.99 Å². The van der Waals surface area contributed by atoms with Gasteiger partial charge in [-0.05, 0) is 19.1 Å². The van der Waals surface area contributed by atoms with Crippen LogP contribution in [0.4, 0.5) is 0 Å². The first-order chi connectivity index (χ1) is 8.21. The van der Waals surface area contributed by atoms with E-state index < -0.39 is 19.7 Å². The Morgan fingerprint density at radius 1 is 1.11 bits per heavy atom. The number of nitrogens with zero attached hydrogens (tertiary/aromatic N) is 1. The van der Waals surface area contributed by atoms with Crippen LogP contribution in [0.1, 0.15) is 6.92 Å². The third-order valence-corrected chi connectivity index (χ3v) is 4.46. The van der Waals surface area contributed by atoms with Gasteiger partial charge in [0.15, 0.2) is 19.7 Å². The number of benzene rings is 1. The summed E-state index contributed by atoms with van der Waals surface area (Å²) < 4.78 is 45.7. The van der Waals surface area contributed by atoms with Gasteiger partial charge in [0.25, 0.3) is 0 Å². The fourth-order valence-electron chi connectivity index (χ4n) is 1.26. The van der Waals surface area contributed by atoms with Gasteiger partial charge in [-0.15, -0.1) is 0 Å². The van der Waals surface area contributed by atoms with Crippen LogP contribution in [0.2, 0.25) is 0 Å². The van der Waals surface area contributed by atoms with Crippen LogP contribution in [0.25, 0.3) is 0 Å². The highest BCUT2D eigenvalue weighted by Gasteiger charge is 2.15. The van der Waals surface area contributed by atoms with Crippen molar-refractivity contribution < 1.29 is 16.8 Å². The molecule has 1 rings (SSSR count). The lowest BCUT2D eigenvalue weighted by Crippen LogP contribution is -2.15. The Bertz CT molecular complexity index is 631. The van der Waals surface area contributed by atoms with Crippen molar-refractivity contribution in [2.45, 2.75) is 11.8 Å². The van der Waals surface area contributed by atoms with Crippen molar-refractivity contribution in [2.75, 3.05) is 17.9 Å². The first-order valence-electron chi connectivity index (χ1n) is 5.16. The Labute approximate surface area is 107 Å². The minimum absolute atomic E-state index is 0.207. The van der Waals surface area contributed by atoms with Gasteiger partial charge >= 0.3 is 0 Å². The summed E-state index contributed by atoms with van der Waals surface area (Å²) >= 11 is 0. The minimum Gasteiger partial charge on any atom is -0.277 e. The van der Waals surface area contributed by atoms with Crippen molar-refractivity contribution in [3.05, 3.63) is 30.3 Å². The second-order valence-electron chi connectivity index (χ2n) is 4.02. The molecule has 0 atom stereocenters. The predicted molar refractivity (Wildman–Crippen MR) is 71.3 cm³/mol. The van der Waals surface area contributed by atoms with E-state index in [1.807, 2.05) is 0 Å². The van der Waals surface area contributed by atoms with E-state index in [2.05, 4.69) is 4.99 Å². The van der Waals surface area contributed by atoms with E-state index in [9.17, 15) is 16.8 Å². The summed E-state index contributed by atoms with van der Waals surface area (Å²) in [5.74, 6) is -0.657. The van der Waals surface area contributed by atoms with E-state index in [-0.39, 0.29) is 22.2 Å². The van der Waals surface area contributed by atoms with E-state index in [0.717, 1.165) is 6.26 Å². The molecule has 0 spiro atoms. The largest absolute Gasteiger partial charge is 0.277 e. The van der Waals surface area contributed by atoms with Gasteiger partial charge in [-0.25, -0.2) is 16.8 Å². The maximum Gasteiger partial charge on any atom is 0.183 e. The van der Waals surface area contributed by atoms with Gasteiger partial charge in [0, 0.05) is 12.0 Å². The summed E-state index contributed by atoms with van der Waals surface area (Å²) in [5.41, 5.74) is 0.282. The summed E-state index contributed by atoms with van der Waals surface area (Å²) in [4.78, 5) is 3.96. The highest BCUT2D eigenvalue weighted by molar-refractivity contribution is 7.92. The SMILES string of the molecule is CC(CS(=O)(=O)c1ccccc1)=NCS(C)(=O)=O. The first-order valence-corrected chi connectivity index (χ1v) is 8.87. The smallest absolute Gasteiger partial charge is 0.183 e. The second kappa shape index (κ2) is 5.62. The average molecular weight is 289 g/mol. The normalized spacial score (nSPS) is 13.6. The van der Waals surface area contributed by atoms with Crippen LogP contribution in [-0.4, -0.2) is 40.4 Å². The highest BCUT2D eigenvalue weighted by atomic mass is 32.2. The zero-order valence-electron chi connectivity index (χ0n) is 10.2. The Morgan fingerprint density at radius 2 is 1.67 bits per heavy atom. The predicted octanol–water partition coefficient (Wildman–Crippen LogP) is 0.923. The summed E-state index contributed by atoms with van der Waals surface area (Å²) in [6.45, 7) is 1.51. The van der Waals surface area contributed by atoms with Gasteiger partial charge in [-0.2, -0.15) is 0 Å². The Hall–Kier alpha value is -1.21. The standard InChI is InChI=1S/C11H15NO4S2/c1-10(12-9-17(2,13)14)8-18(15,16)11-6-4-3-5-7-11/h3-7H,8-9H2,1-2H3. The molecule has 100 valence electrons. The molecule has 0 radical (unpaired) electrons. The van der Waals surface area contributed by atoms with Crippen molar-refractivity contribution >= 4 is 25.4 Å². The van der Waals surface area contributed by atoms with E-state index >= 15 is 0 Å². The molecule has 0 aliphatic carbocycles. The Balaban J connectivity index is 2.85. The molecule has 0 aromatic heterocycles. The molecule has 7 heteroatoms. The van der Waals surface area contributed by atoms with Crippen LogP contribution >= 0.6 is 0 Å². The molecule has 18 heavy (non-hydrogen) atoms. The lowest BCUT2D eigenvalue weighted by Gasteiger charge is -2.04. The molecule has 0 saturated carbocycles. The number of hydrogen-bond donors (Lipinski definition) is 0. The van der Waals surface area contributed by atoms with Crippen LogP contribution in [-0.2, 0) is 19.7 Å². The van der Waals surface area contributed by atoms with Crippen molar-refractivity contribution in [1.82, 2.24) is 0 Å². The average Bonchev–Trinajstić information content (AvgIpc) is 2.26. The Kier molecular flexibility index (Phi) is 4.64. The van der Waals surface area contributed by atoms with Crippen LogP contribution in [0, 0.1) is 0 Å². The number of sulfone groups is 2. The molecule has 0 bridgehead atoms. The zero-order valence-corrected chi connectivity index (χ0v) is 11.8. The lowest BCUT2D eigenvalue weighted by molar-refractivity contribution is 0.598. The van der Waals surface area contributed by atoms with E-state index in [1.165, 1.54) is 19.1 Å². The highest BCUT2D eigenvalue weighted by Crippen LogP contribution is 2.10.